The average Bonchev–Trinajstić information content (AvgIpc) is 2.82. The highest BCUT2D eigenvalue weighted by Gasteiger charge is 2.33. The number of carbonyl (C=O) groups is 1. The van der Waals surface area contributed by atoms with Crippen LogP contribution in [0, 0.1) is 0 Å². The minimum Gasteiger partial charge on any atom is -0.369 e. The molecule has 1 aromatic heterocycles. The van der Waals surface area contributed by atoms with Crippen molar-refractivity contribution in [1.82, 2.24) is 15.0 Å². The molecule has 0 spiro atoms. The quantitative estimate of drug-likeness (QED) is 0.851. The van der Waals surface area contributed by atoms with Crippen LogP contribution in [-0.2, 0) is 16.0 Å². The van der Waals surface area contributed by atoms with Crippen molar-refractivity contribution in [3.05, 3.63) is 11.7 Å². The Balaban J connectivity index is 1.89. The summed E-state index contributed by atoms with van der Waals surface area (Å²) in [7, 11) is 0. The lowest BCUT2D eigenvalue weighted by Crippen LogP contribution is -2.53. The van der Waals surface area contributed by atoms with Gasteiger partial charge in [-0.1, -0.05) is 19.0 Å². The van der Waals surface area contributed by atoms with Gasteiger partial charge in [-0.2, -0.15) is 4.98 Å². The van der Waals surface area contributed by atoms with Gasteiger partial charge in [-0.15, -0.1) is 0 Å². The molecule has 0 saturated carbocycles. The fraction of sp³-hybridized carbons (Fsp3) is 0.800. The third kappa shape index (κ3) is 4.27. The van der Waals surface area contributed by atoms with E-state index in [1.165, 1.54) is 0 Å². The number of hydrogen-bond donors (Lipinski definition) is 0. The molecule has 21 heavy (non-hydrogen) atoms. The number of aromatic nitrogens is 2. The standard InChI is InChI=1S/C15H25N3O3/c1-10(2)14-16-12(21-17-14)6-7-13(19)18-8-11(3)20-15(4,5)9-18/h10-11H,6-9H2,1-5H3. The van der Waals surface area contributed by atoms with E-state index in [0.29, 0.717) is 37.6 Å². The molecule has 1 atom stereocenters. The molecule has 6 heteroatoms. The molecule has 1 amide bonds. The number of rotatable bonds is 4. The van der Waals surface area contributed by atoms with Gasteiger partial charge in [-0.25, -0.2) is 0 Å². The van der Waals surface area contributed by atoms with E-state index in [1.807, 2.05) is 39.5 Å². The topological polar surface area (TPSA) is 68.5 Å². The first-order valence-corrected chi connectivity index (χ1v) is 7.55. The Bertz CT molecular complexity index is 496. The summed E-state index contributed by atoms with van der Waals surface area (Å²) in [6.45, 7) is 11.3. The Morgan fingerprint density at radius 3 is 2.76 bits per heavy atom. The van der Waals surface area contributed by atoms with Crippen LogP contribution in [0.5, 0.6) is 0 Å². The van der Waals surface area contributed by atoms with Crippen molar-refractivity contribution >= 4 is 5.91 Å². The summed E-state index contributed by atoms with van der Waals surface area (Å²) in [6.07, 6.45) is 0.946. The van der Waals surface area contributed by atoms with Crippen molar-refractivity contribution in [3.8, 4) is 0 Å². The second-order valence-electron chi connectivity index (χ2n) is 6.66. The zero-order valence-corrected chi connectivity index (χ0v) is 13.5. The Hall–Kier alpha value is -1.43. The van der Waals surface area contributed by atoms with Crippen molar-refractivity contribution in [1.29, 1.82) is 0 Å². The molecular formula is C15H25N3O3. The van der Waals surface area contributed by atoms with Crippen LogP contribution in [-0.4, -0.2) is 45.7 Å². The van der Waals surface area contributed by atoms with Crippen molar-refractivity contribution in [3.63, 3.8) is 0 Å². The van der Waals surface area contributed by atoms with E-state index < -0.39 is 0 Å². The normalized spacial score (nSPS) is 21.8. The van der Waals surface area contributed by atoms with E-state index in [9.17, 15) is 4.79 Å². The largest absolute Gasteiger partial charge is 0.369 e. The summed E-state index contributed by atoms with van der Waals surface area (Å²) in [5.41, 5.74) is -0.289. The van der Waals surface area contributed by atoms with E-state index in [2.05, 4.69) is 10.1 Å². The number of hydrogen-bond acceptors (Lipinski definition) is 5. The molecule has 118 valence electrons. The van der Waals surface area contributed by atoms with Crippen LogP contribution in [0.3, 0.4) is 0 Å². The second kappa shape index (κ2) is 6.13. The van der Waals surface area contributed by atoms with Crippen LogP contribution < -0.4 is 0 Å². The molecule has 1 aromatic rings. The smallest absolute Gasteiger partial charge is 0.227 e. The number of morpholine rings is 1. The third-order valence-electron chi connectivity index (χ3n) is 3.47. The van der Waals surface area contributed by atoms with Gasteiger partial charge in [-0.05, 0) is 20.8 Å². The highest BCUT2D eigenvalue weighted by atomic mass is 16.5. The monoisotopic (exact) mass is 295 g/mol. The molecule has 0 aliphatic carbocycles. The Labute approximate surface area is 125 Å². The summed E-state index contributed by atoms with van der Waals surface area (Å²) in [5.74, 6) is 1.58. The van der Waals surface area contributed by atoms with Gasteiger partial charge in [0.2, 0.25) is 11.8 Å². The second-order valence-corrected chi connectivity index (χ2v) is 6.66. The Kier molecular flexibility index (Phi) is 4.66. The lowest BCUT2D eigenvalue weighted by atomic mass is 10.0. The van der Waals surface area contributed by atoms with Crippen molar-refractivity contribution < 1.29 is 14.1 Å². The minimum atomic E-state index is -0.289. The maximum absolute atomic E-state index is 12.3. The lowest BCUT2D eigenvalue weighted by Gasteiger charge is -2.41. The molecule has 2 heterocycles. The fourth-order valence-electron chi connectivity index (χ4n) is 2.62. The lowest BCUT2D eigenvalue weighted by molar-refractivity contribution is -0.158. The molecule has 0 bridgehead atoms. The summed E-state index contributed by atoms with van der Waals surface area (Å²) in [6, 6.07) is 0. The highest BCUT2D eigenvalue weighted by Crippen LogP contribution is 2.21. The molecule has 1 saturated heterocycles. The molecule has 1 fully saturated rings. The molecule has 1 unspecified atom stereocenters. The van der Waals surface area contributed by atoms with Gasteiger partial charge in [0.1, 0.15) is 0 Å². The van der Waals surface area contributed by atoms with Crippen molar-refractivity contribution in [2.45, 2.75) is 65.1 Å². The summed E-state index contributed by atoms with van der Waals surface area (Å²) >= 11 is 0. The van der Waals surface area contributed by atoms with E-state index >= 15 is 0 Å². The van der Waals surface area contributed by atoms with Gasteiger partial charge in [0.25, 0.3) is 0 Å². The van der Waals surface area contributed by atoms with Gasteiger partial charge < -0.3 is 14.2 Å². The Morgan fingerprint density at radius 1 is 1.48 bits per heavy atom. The molecular weight excluding hydrogens is 270 g/mol. The predicted octanol–water partition coefficient (Wildman–Crippen LogP) is 2.15. The van der Waals surface area contributed by atoms with E-state index in [1.54, 1.807) is 0 Å². The molecule has 1 aliphatic heterocycles. The molecule has 1 aliphatic rings. The minimum absolute atomic E-state index is 0.0636. The highest BCUT2D eigenvalue weighted by molar-refractivity contribution is 5.76. The van der Waals surface area contributed by atoms with Crippen molar-refractivity contribution in [2.75, 3.05) is 13.1 Å². The fourth-order valence-corrected chi connectivity index (χ4v) is 2.62. The van der Waals surface area contributed by atoms with Crippen LogP contribution in [0.25, 0.3) is 0 Å². The number of nitrogens with zero attached hydrogens (tertiary/aromatic N) is 3. The SMILES string of the molecule is CC1CN(C(=O)CCc2nc(C(C)C)no2)CC(C)(C)O1. The van der Waals surface area contributed by atoms with Gasteiger partial charge in [-0.3, -0.25) is 4.79 Å². The zero-order chi connectivity index (χ0) is 15.6. The number of ether oxygens (including phenoxy) is 1. The van der Waals surface area contributed by atoms with E-state index in [4.69, 9.17) is 9.26 Å². The molecule has 0 radical (unpaired) electrons. The number of carbonyl (C=O) groups excluding carboxylic acids is 1. The molecule has 6 nitrogen and oxygen atoms in total. The van der Waals surface area contributed by atoms with Crippen LogP contribution >= 0.6 is 0 Å². The van der Waals surface area contributed by atoms with Crippen LogP contribution in [0.1, 0.15) is 58.7 Å². The number of amides is 1. The first-order valence-electron chi connectivity index (χ1n) is 7.55. The van der Waals surface area contributed by atoms with Crippen LogP contribution in [0.15, 0.2) is 4.52 Å². The van der Waals surface area contributed by atoms with Gasteiger partial charge in [0.05, 0.1) is 11.7 Å². The molecule has 0 aromatic carbocycles. The maximum Gasteiger partial charge on any atom is 0.227 e. The summed E-state index contributed by atoms with van der Waals surface area (Å²) < 4.78 is 11.0. The number of aryl methyl sites for hydroxylation is 1. The van der Waals surface area contributed by atoms with Gasteiger partial charge in [0.15, 0.2) is 5.82 Å². The van der Waals surface area contributed by atoms with E-state index in [0.717, 1.165) is 0 Å². The average molecular weight is 295 g/mol. The Morgan fingerprint density at radius 2 is 2.19 bits per heavy atom. The van der Waals surface area contributed by atoms with E-state index in [-0.39, 0.29) is 23.5 Å². The van der Waals surface area contributed by atoms with Crippen molar-refractivity contribution in [2.24, 2.45) is 0 Å². The molecule has 0 N–H and O–H groups in total. The first kappa shape index (κ1) is 15.9. The van der Waals surface area contributed by atoms with Gasteiger partial charge >= 0.3 is 0 Å². The maximum atomic E-state index is 12.3. The summed E-state index contributed by atoms with van der Waals surface area (Å²) in [4.78, 5) is 18.5. The zero-order valence-electron chi connectivity index (χ0n) is 13.5. The van der Waals surface area contributed by atoms with Crippen LogP contribution in [0.2, 0.25) is 0 Å². The van der Waals surface area contributed by atoms with Gasteiger partial charge in [0, 0.05) is 31.8 Å². The summed E-state index contributed by atoms with van der Waals surface area (Å²) in [5, 5.41) is 3.91. The molecule has 2 rings (SSSR count). The van der Waals surface area contributed by atoms with Crippen LogP contribution in [0.4, 0.5) is 0 Å². The third-order valence-corrected chi connectivity index (χ3v) is 3.47. The predicted molar refractivity (Wildman–Crippen MR) is 77.9 cm³/mol. The first-order chi connectivity index (χ1) is 9.77.